The third kappa shape index (κ3) is 3.17. The van der Waals surface area contributed by atoms with Crippen molar-refractivity contribution in [2.24, 2.45) is 0 Å². The molecule has 0 spiro atoms. The molecule has 0 saturated carbocycles. The molecule has 3 rings (SSSR count). The van der Waals surface area contributed by atoms with Crippen LogP contribution in [0.3, 0.4) is 0 Å². The molecule has 0 bridgehead atoms. The van der Waals surface area contributed by atoms with Crippen molar-refractivity contribution in [1.29, 1.82) is 0 Å². The van der Waals surface area contributed by atoms with Crippen LogP contribution in [0, 0.1) is 6.92 Å². The molecule has 26 heavy (non-hydrogen) atoms. The third-order valence-corrected chi connectivity index (χ3v) is 5.55. The van der Waals surface area contributed by atoms with E-state index >= 15 is 0 Å². The fourth-order valence-electron chi connectivity index (χ4n) is 3.74. The normalized spacial score (nSPS) is 13.8. The fourth-order valence-corrected chi connectivity index (χ4v) is 3.74. The Labute approximate surface area is 159 Å². The highest BCUT2D eigenvalue weighted by Gasteiger charge is 2.25. The van der Waals surface area contributed by atoms with Gasteiger partial charge in [-0.1, -0.05) is 74.4 Å². The average molecular weight is 350 g/mol. The van der Waals surface area contributed by atoms with Gasteiger partial charge in [0.1, 0.15) is 0 Å². The molecule has 1 aromatic heterocycles. The Kier molecular flexibility index (Phi) is 4.11. The quantitative estimate of drug-likeness (QED) is 0.432. The molecule has 2 aromatic carbocycles. The topological polar surface area (TPSA) is 15.8 Å². The second-order valence-electron chi connectivity index (χ2n) is 11.0. The lowest BCUT2D eigenvalue weighted by atomic mass is 9.79. The smallest absolute Gasteiger partial charge is 0.0503 e. The summed E-state index contributed by atoms with van der Waals surface area (Å²) in [6.45, 7) is 23.0. The molecule has 0 atom stereocenters. The maximum absolute atomic E-state index is 3.78. The van der Waals surface area contributed by atoms with Crippen LogP contribution in [-0.4, -0.2) is 4.98 Å². The summed E-state index contributed by atoms with van der Waals surface area (Å²) < 4.78 is 0. The summed E-state index contributed by atoms with van der Waals surface area (Å²) in [6.07, 6.45) is 0. The van der Waals surface area contributed by atoms with E-state index in [1.165, 1.54) is 44.1 Å². The number of hydrogen-bond acceptors (Lipinski definition) is 0. The third-order valence-electron chi connectivity index (χ3n) is 5.55. The van der Waals surface area contributed by atoms with Crippen molar-refractivity contribution in [3.05, 3.63) is 46.5 Å². The Morgan fingerprint density at radius 1 is 0.577 bits per heavy atom. The van der Waals surface area contributed by atoms with E-state index in [2.05, 4.69) is 98.5 Å². The van der Waals surface area contributed by atoms with Crippen molar-refractivity contribution in [3.8, 4) is 0 Å². The van der Waals surface area contributed by atoms with Gasteiger partial charge in [0.2, 0.25) is 0 Å². The maximum atomic E-state index is 3.78. The summed E-state index contributed by atoms with van der Waals surface area (Å²) >= 11 is 0. The van der Waals surface area contributed by atoms with Crippen molar-refractivity contribution in [2.75, 3.05) is 0 Å². The van der Waals surface area contributed by atoms with Crippen molar-refractivity contribution in [2.45, 2.75) is 85.5 Å². The zero-order valence-corrected chi connectivity index (χ0v) is 18.3. The van der Waals surface area contributed by atoms with Gasteiger partial charge in [0.15, 0.2) is 0 Å². The van der Waals surface area contributed by atoms with Crippen molar-refractivity contribution < 1.29 is 0 Å². The minimum absolute atomic E-state index is 0.0984. The van der Waals surface area contributed by atoms with E-state index in [4.69, 9.17) is 0 Å². The molecule has 0 unspecified atom stereocenters. The Bertz CT molecular complexity index is 980. The first-order chi connectivity index (χ1) is 11.7. The van der Waals surface area contributed by atoms with Crippen molar-refractivity contribution in [3.63, 3.8) is 0 Å². The molecule has 1 heterocycles. The maximum Gasteiger partial charge on any atom is 0.0503 e. The molecule has 0 aliphatic rings. The van der Waals surface area contributed by atoms with Gasteiger partial charge in [-0.15, -0.1) is 0 Å². The van der Waals surface area contributed by atoms with Crippen LogP contribution >= 0.6 is 0 Å². The summed E-state index contributed by atoms with van der Waals surface area (Å²) in [4.78, 5) is 3.78. The second-order valence-corrected chi connectivity index (χ2v) is 11.0. The van der Waals surface area contributed by atoms with E-state index in [-0.39, 0.29) is 16.2 Å². The molecule has 0 radical (unpaired) electrons. The standard InChI is InChI=1S/C25H35N/c1-15-11-16(23(2,3)4)12-18-19-13-17(24(5,6)7)14-20(25(8,9)10)22(19)26-21(15)18/h11-14,26H,1-10H3. The predicted octanol–water partition coefficient (Wildman–Crippen LogP) is 7.52. The summed E-state index contributed by atoms with van der Waals surface area (Å²) in [5.74, 6) is 0. The largest absolute Gasteiger partial charge is 0.354 e. The highest BCUT2D eigenvalue weighted by molar-refractivity contribution is 6.10. The molecule has 1 N–H and O–H groups in total. The summed E-state index contributed by atoms with van der Waals surface area (Å²) in [5, 5.41) is 2.73. The van der Waals surface area contributed by atoms with Gasteiger partial charge in [0, 0.05) is 16.3 Å². The number of aromatic nitrogens is 1. The average Bonchev–Trinajstić information content (AvgIpc) is 2.82. The van der Waals surface area contributed by atoms with E-state index in [1.807, 2.05) is 0 Å². The SMILES string of the molecule is Cc1cc(C(C)(C)C)cc2c1[nH]c1c(C(C)(C)C)cc(C(C)(C)C)cc12. The van der Waals surface area contributed by atoms with E-state index in [0.717, 1.165) is 0 Å². The van der Waals surface area contributed by atoms with Crippen molar-refractivity contribution >= 4 is 21.8 Å². The molecule has 0 aliphatic heterocycles. The molecule has 0 amide bonds. The summed E-state index contributed by atoms with van der Waals surface area (Å²) in [6, 6.07) is 9.58. The van der Waals surface area contributed by atoms with Gasteiger partial charge in [0.05, 0.1) is 5.52 Å². The summed E-state index contributed by atoms with van der Waals surface area (Å²) in [5.41, 5.74) is 8.52. The van der Waals surface area contributed by atoms with Crippen LogP contribution in [0.2, 0.25) is 0 Å². The van der Waals surface area contributed by atoms with E-state index in [1.54, 1.807) is 0 Å². The van der Waals surface area contributed by atoms with Gasteiger partial charge in [-0.3, -0.25) is 0 Å². The second kappa shape index (κ2) is 5.62. The number of benzene rings is 2. The highest BCUT2D eigenvalue weighted by Crippen LogP contribution is 2.40. The highest BCUT2D eigenvalue weighted by atomic mass is 14.7. The van der Waals surface area contributed by atoms with Crippen LogP contribution in [0.5, 0.6) is 0 Å². The Morgan fingerprint density at radius 3 is 1.50 bits per heavy atom. The first-order valence-corrected chi connectivity index (χ1v) is 9.81. The van der Waals surface area contributed by atoms with Crippen LogP contribution in [0.25, 0.3) is 21.8 Å². The number of H-pyrrole nitrogens is 1. The van der Waals surface area contributed by atoms with Crippen LogP contribution < -0.4 is 0 Å². The van der Waals surface area contributed by atoms with Gasteiger partial charge in [-0.25, -0.2) is 0 Å². The van der Waals surface area contributed by atoms with Gasteiger partial charge < -0.3 is 4.98 Å². The number of rotatable bonds is 0. The molecule has 1 nitrogen and oxygen atoms in total. The fraction of sp³-hybridized carbons (Fsp3) is 0.520. The predicted molar refractivity (Wildman–Crippen MR) is 117 cm³/mol. The molecule has 0 fully saturated rings. The van der Waals surface area contributed by atoms with Crippen LogP contribution in [0.4, 0.5) is 0 Å². The number of aryl methyl sites for hydroxylation is 1. The lowest BCUT2D eigenvalue weighted by Crippen LogP contribution is -2.16. The molecule has 0 aliphatic carbocycles. The zero-order chi connectivity index (χ0) is 19.7. The lowest BCUT2D eigenvalue weighted by molar-refractivity contribution is 0.572. The molecule has 1 heteroatoms. The zero-order valence-electron chi connectivity index (χ0n) is 18.3. The van der Waals surface area contributed by atoms with Crippen LogP contribution in [-0.2, 0) is 16.2 Å². The van der Waals surface area contributed by atoms with E-state index in [0.29, 0.717) is 0 Å². The number of fused-ring (bicyclic) bond motifs is 3. The minimum Gasteiger partial charge on any atom is -0.354 e. The van der Waals surface area contributed by atoms with Crippen LogP contribution in [0.15, 0.2) is 24.3 Å². The number of hydrogen-bond donors (Lipinski definition) is 1. The molecular formula is C25H35N. The Balaban J connectivity index is 2.50. The summed E-state index contributed by atoms with van der Waals surface area (Å²) in [7, 11) is 0. The molecule has 3 aromatic rings. The van der Waals surface area contributed by atoms with E-state index < -0.39 is 0 Å². The van der Waals surface area contributed by atoms with Gasteiger partial charge in [-0.05, 0) is 57.6 Å². The van der Waals surface area contributed by atoms with E-state index in [9.17, 15) is 0 Å². The molecular weight excluding hydrogens is 314 g/mol. The monoisotopic (exact) mass is 349 g/mol. The van der Waals surface area contributed by atoms with Gasteiger partial charge in [-0.2, -0.15) is 0 Å². The molecule has 140 valence electrons. The number of nitrogens with one attached hydrogen (secondary N) is 1. The Morgan fingerprint density at radius 2 is 1.04 bits per heavy atom. The first-order valence-electron chi connectivity index (χ1n) is 9.81. The lowest BCUT2D eigenvalue weighted by Gasteiger charge is -2.26. The van der Waals surface area contributed by atoms with Crippen molar-refractivity contribution in [1.82, 2.24) is 4.98 Å². The first kappa shape index (κ1) is 19.0. The minimum atomic E-state index is 0.0984. The number of aromatic amines is 1. The molecule has 0 saturated heterocycles. The van der Waals surface area contributed by atoms with Crippen LogP contribution in [0.1, 0.15) is 84.6 Å². The van der Waals surface area contributed by atoms with Gasteiger partial charge in [0.25, 0.3) is 0 Å². The Hall–Kier alpha value is -1.76. The van der Waals surface area contributed by atoms with Gasteiger partial charge >= 0.3 is 0 Å².